The predicted octanol–water partition coefficient (Wildman–Crippen LogP) is 2.50. The van der Waals surface area contributed by atoms with Gasteiger partial charge in [0.2, 0.25) is 5.91 Å². The van der Waals surface area contributed by atoms with Crippen LogP contribution < -0.4 is 10.2 Å². The van der Waals surface area contributed by atoms with Gasteiger partial charge in [0.1, 0.15) is 6.04 Å². The normalized spacial score (nSPS) is 19.0. The molecule has 166 valence electrons. The number of fused-ring (bicyclic) bond motifs is 1. The van der Waals surface area contributed by atoms with Crippen LogP contribution in [0.3, 0.4) is 0 Å². The van der Waals surface area contributed by atoms with Crippen molar-refractivity contribution in [1.82, 2.24) is 15.1 Å². The van der Waals surface area contributed by atoms with Crippen LogP contribution in [0, 0.1) is 0 Å². The Hall–Kier alpha value is -2.29. The summed E-state index contributed by atoms with van der Waals surface area (Å²) in [5, 5.41) is 3.24. The second-order valence-corrected chi connectivity index (χ2v) is 7.74. The van der Waals surface area contributed by atoms with Crippen molar-refractivity contribution in [1.29, 1.82) is 0 Å². The van der Waals surface area contributed by atoms with Crippen molar-refractivity contribution in [3.8, 4) is 0 Å². The van der Waals surface area contributed by atoms with Crippen LogP contribution in [-0.2, 0) is 11.2 Å². The van der Waals surface area contributed by atoms with Gasteiger partial charge in [-0.15, -0.1) is 0 Å². The molecule has 1 atom stereocenters. The smallest absolute Gasteiger partial charge is 0.356 e. The number of hydrogen-bond donors (Lipinski definition) is 1. The summed E-state index contributed by atoms with van der Waals surface area (Å²) in [6, 6.07) is 6.55. The lowest BCUT2D eigenvalue weighted by atomic mass is 10.2. The molecular weight excluding hydrogens is 395 g/mol. The Balaban J connectivity index is 1.40. The Morgan fingerprint density at radius 2 is 1.87 bits per heavy atom. The lowest BCUT2D eigenvalue weighted by molar-refractivity contribution is -0.181. The number of amides is 1. The molecular formula is C21H30F3N5O. The molecule has 2 aliphatic heterocycles. The zero-order valence-corrected chi connectivity index (χ0v) is 17.6. The number of hydrogen-bond acceptors (Lipinski definition) is 3. The number of benzene rings is 1. The van der Waals surface area contributed by atoms with E-state index in [9.17, 15) is 18.0 Å². The topological polar surface area (TPSA) is 51.2 Å². The molecule has 1 aromatic rings. The van der Waals surface area contributed by atoms with Gasteiger partial charge in [0.15, 0.2) is 5.96 Å². The molecule has 1 aromatic carbocycles. The van der Waals surface area contributed by atoms with E-state index in [0.29, 0.717) is 51.5 Å². The molecule has 1 amide bonds. The van der Waals surface area contributed by atoms with E-state index < -0.39 is 12.2 Å². The maximum atomic E-state index is 12.9. The molecule has 2 aliphatic rings. The van der Waals surface area contributed by atoms with Gasteiger partial charge in [-0.1, -0.05) is 18.2 Å². The van der Waals surface area contributed by atoms with Crippen LogP contribution in [0.5, 0.6) is 0 Å². The summed E-state index contributed by atoms with van der Waals surface area (Å²) in [4.78, 5) is 22.1. The van der Waals surface area contributed by atoms with Gasteiger partial charge < -0.3 is 15.1 Å². The van der Waals surface area contributed by atoms with E-state index in [1.165, 1.54) is 17.4 Å². The monoisotopic (exact) mass is 425 g/mol. The van der Waals surface area contributed by atoms with Crippen LogP contribution in [0.1, 0.15) is 25.3 Å². The first-order valence-electron chi connectivity index (χ1n) is 10.5. The van der Waals surface area contributed by atoms with Crippen molar-refractivity contribution in [3.05, 3.63) is 29.8 Å². The molecule has 1 unspecified atom stereocenters. The Labute approximate surface area is 175 Å². The summed E-state index contributed by atoms with van der Waals surface area (Å²) in [6.07, 6.45) is -2.20. The number of carbonyl (C=O) groups excluding carboxylic acids is 1. The van der Waals surface area contributed by atoms with Gasteiger partial charge in [0, 0.05) is 58.4 Å². The Morgan fingerprint density at radius 1 is 1.17 bits per heavy atom. The number of piperazine rings is 1. The van der Waals surface area contributed by atoms with Crippen LogP contribution >= 0.6 is 0 Å². The van der Waals surface area contributed by atoms with E-state index in [1.807, 2.05) is 28.0 Å². The number of aliphatic imine (C=N–C) groups is 1. The van der Waals surface area contributed by atoms with Gasteiger partial charge in [-0.25, -0.2) is 0 Å². The first-order chi connectivity index (χ1) is 14.3. The minimum atomic E-state index is -4.20. The van der Waals surface area contributed by atoms with Crippen molar-refractivity contribution in [2.24, 2.45) is 4.99 Å². The number of guanidine groups is 1. The highest BCUT2D eigenvalue weighted by Gasteiger charge is 2.41. The summed E-state index contributed by atoms with van der Waals surface area (Å²) in [6.45, 7) is 4.19. The molecule has 2 heterocycles. The molecule has 0 radical (unpaired) electrons. The van der Waals surface area contributed by atoms with Crippen LogP contribution in [0.15, 0.2) is 29.3 Å². The maximum Gasteiger partial charge on any atom is 0.403 e. The highest BCUT2D eigenvalue weighted by molar-refractivity contribution is 5.95. The van der Waals surface area contributed by atoms with Crippen molar-refractivity contribution < 1.29 is 18.0 Å². The summed E-state index contributed by atoms with van der Waals surface area (Å²) in [5.74, 6) is 0.791. The Morgan fingerprint density at radius 3 is 2.53 bits per heavy atom. The molecule has 1 N–H and O–H groups in total. The molecule has 0 saturated carbocycles. The molecule has 6 nitrogen and oxygen atoms in total. The number of nitrogens with zero attached hydrogens (tertiary/aromatic N) is 4. The van der Waals surface area contributed by atoms with Crippen molar-refractivity contribution in [2.75, 3.05) is 51.2 Å². The van der Waals surface area contributed by atoms with Crippen LogP contribution in [-0.4, -0.2) is 80.2 Å². The molecule has 1 fully saturated rings. The SMILES string of the molecule is CN=C(NCCCC(=O)N1CCc2ccccc21)N1CCN(C(C)C(F)(F)F)CC1. The van der Waals surface area contributed by atoms with Gasteiger partial charge in [0.05, 0.1) is 0 Å². The van der Waals surface area contributed by atoms with Gasteiger partial charge >= 0.3 is 6.18 Å². The number of halogens is 3. The van der Waals surface area contributed by atoms with E-state index in [1.54, 1.807) is 7.05 Å². The third kappa shape index (κ3) is 5.24. The van der Waals surface area contributed by atoms with E-state index in [-0.39, 0.29) is 5.91 Å². The number of nitrogens with one attached hydrogen (secondary N) is 1. The third-order valence-corrected chi connectivity index (χ3v) is 5.89. The van der Waals surface area contributed by atoms with Crippen molar-refractivity contribution in [3.63, 3.8) is 0 Å². The first kappa shape index (κ1) is 22.4. The van der Waals surface area contributed by atoms with Crippen LogP contribution in [0.4, 0.5) is 18.9 Å². The van der Waals surface area contributed by atoms with Gasteiger partial charge in [-0.05, 0) is 31.4 Å². The van der Waals surface area contributed by atoms with Gasteiger partial charge in [-0.2, -0.15) is 13.2 Å². The highest BCUT2D eigenvalue weighted by Crippen LogP contribution is 2.28. The van der Waals surface area contributed by atoms with Crippen LogP contribution in [0.2, 0.25) is 0 Å². The van der Waals surface area contributed by atoms with E-state index in [4.69, 9.17) is 0 Å². The summed E-state index contributed by atoms with van der Waals surface area (Å²) < 4.78 is 38.7. The second kappa shape index (κ2) is 9.68. The molecule has 0 aliphatic carbocycles. The molecule has 0 bridgehead atoms. The number of carbonyl (C=O) groups is 1. The van der Waals surface area contributed by atoms with Crippen molar-refractivity contribution >= 4 is 17.6 Å². The highest BCUT2D eigenvalue weighted by atomic mass is 19.4. The molecule has 30 heavy (non-hydrogen) atoms. The summed E-state index contributed by atoms with van der Waals surface area (Å²) in [7, 11) is 1.67. The number of alkyl halides is 3. The zero-order chi connectivity index (χ0) is 21.7. The minimum Gasteiger partial charge on any atom is -0.356 e. The third-order valence-electron chi connectivity index (χ3n) is 5.89. The van der Waals surface area contributed by atoms with E-state index >= 15 is 0 Å². The van der Waals surface area contributed by atoms with Gasteiger partial charge in [0.25, 0.3) is 0 Å². The summed E-state index contributed by atoms with van der Waals surface area (Å²) in [5.41, 5.74) is 2.22. The first-order valence-corrected chi connectivity index (χ1v) is 10.5. The average Bonchev–Trinajstić information content (AvgIpc) is 3.17. The quantitative estimate of drug-likeness (QED) is 0.448. The fourth-order valence-electron chi connectivity index (χ4n) is 4.03. The lowest BCUT2D eigenvalue weighted by Crippen LogP contribution is -2.56. The summed E-state index contributed by atoms with van der Waals surface area (Å²) >= 11 is 0. The molecule has 0 spiro atoms. The average molecular weight is 425 g/mol. The Bertz CT molecular complexity index is 759. The molecule has 1 saturated heterocycles. The Kier molecular flexibility index (Phi) is 7.23. The number of rotatable bonds is 5. The van der Waals surface area contributed by atoms with E-state index in [2.05, 4.69) is 16.4 Å². The fourth-order valence-corrected chi connectivity index (χ4v) is 4.03. The fraction of sp³-hybridized carbons (Fsp3) is 0.619. The molecule has 0 aromatic heterocycles. The minimum absolute atomic E-state index is 0.117. The van der Waals surface area contributed by atoms with Gasteiger partial charge in [-0.3, -0.25) is 14.7 Å². The number of anilines is 1. The van der Waals surface area contributed by atoms with Crippen LogP contribution in [0.25, 0.3) is 0 Å². The van der Waals surface area contributed by atoms with E-state index in [0.717, 1.165) is 18.7 Å². The molecule has 9 heteroatoms. The second-order valence-electron chi connectivity index (χ2n) is 7.74. The standard InChI is InChI=1S/C21H30F3N5O/c1-16(21(22,23)24)27-12-14-28(15-13-27)20(25-2)26-10-5-8-19(30)29-11-9-17-6-3-4-7-18(17)29/h3-4,6-7,16H,5,8-15H2,1-2H3,(H,25,26). The molecule has 3 rings (SSSR count). The number of para-hydroxylation sites is 1. The predicted molar refractivity (Wildman–Crippen MR) is 112 cm³/mol. The lowest BCUT2D eigenvalue weighted by Gasteiger charge is -2.39. The zero-order valence-electron chi connectivity index (χ0n) is 17.6. The van der Waals surface area contributed by atoms with Crippen molar-refractivity contribution in [2.45, 2.75) is 38.4 Å². The largest absolute Gasteiger partial charge is 0.403 e. The maximum absolute atomic E-state index is 12.9.